The molecule has 5 heteroatoms. The van der Waals surface area contributed by atoms with E-state index in [0.717, 1.165) is 77.8 Å². The Bertz CT molecular complexity index is 493. The van der Waals surface area contributed by atoms with E-state index in [2.05, 4.69) is 15.1 Å². The molecule has 1 atom stereocenters. The maximum absolute atomic E-state index is 12.8. The lowest BCUT2D eigenvalue weighted by molar-refractivity contribution is -0.137. The Morgan fingerprint density at radius 2 is 1.88 bits per heavy atom. The molecule has 1 saturated carbocycles. The van der Waals surface area contributed by atoms with Gasteiger partial charge in [-0.15, -0.1) is 0 Å². The predicted octanol–water partition coefficient (Wildman–Crippen LogP) is 1.63. The number of carbonyl (C=O) groups excluding carboxylic acids is 2. The Hall–Kier alpha value is -1.10. The van der Waals surface area contributed by atoms with Crippen LogP contribution in [0.25, 0.3) is 0 Å². The van der Waals surface area contributed by atoms with E-state index in [0.29, 0.717) is 29.1 Å². The number of nitrogens with one attached hydrogen (secondary N) is 1. The highest BCUT2D eigenvalue weighted by Crippen LogP contribution is 2.59. The molecule has 0 bridgehead atoms. The molecular weight excluding hydrogens is 302 g/mol. The summed E-state index contributed by atoms with van der Waals surface area (Å²) in [6, 6.07) is 0. The standard InChI is InChI=1S/C19H31N3O2/c23-17-3-1-2-10-22(17)14-15-4-11-21(12-5-15)18(24)16-13-19(16)6-8-20-9-7-19/h15-16,20H,1-14H2. The Balaban J connectivity index is 1.24. The molecule has 3 saturated heterocycles. The van der Waals surface area contributed by atoms with Gasteiger partial charge in [0.25, 0.3) is 0 Å². The zero-order valence-corrected chi connectivity index (χ0v) is 14.8. The molecular formula is C19H31N3O2. The molecule has 0 aromatic rings. The molecule has 1 aliphatic carbocycles. The van der Waals surface area contributed by atoms with Crippen molar-refractivity contribution >= 4 is 11.8 Å². The highest BCUT2D eigenvalue weighted by molar-refractivity contribution is 5.83. The van der Waals surface area contributed by atoms with Gasteiger partial charge in [-0.2, -0.15) is 0 Å². The van der Waals surface area contributed by atoms with Gasteiger partial charge < -0.3 is 15.1 Å². The van der Waals surface area contributed by atoms with Crippen LogP contribution in [0.15, 0.2) is 0 Å². The van der Waals surface area contributed by atoms with Gasteiger partial charge in [-0.25, -0.2) is 0 Å². The molecule has 2 amide bonds. The van der Waals surface area contributed by atoms with E-state index in [-0.39, 0.29) is 0 Å². The first-order valence-corrected chi connectivity index (χ1v) is 9.95. The number of piperidine rings is 3. The molecule has 134 valence electrons. The molecule has 3 aliphatic heterocycles. The largest absolute Gasteiger partial charge is 0.342 e. The van der Waals surface area contributed by atoms with Gasteiger partial charge in [-0.05, 0) is 69.4 Å². The molecule has 5 nitrogen and oxygen atoms in total. The highest BCUT2D eigenvalue weighted by atomic mass is 16.2. The van der Waals surface area contributed by atoms with Gasteiger partial charge in [0.15, 0.2) is 0 Å². The minimum atomic E-state index is 0.305. The van der Waals surface area contributed by atoms with Crippen molar-refractivity contribution in [2.24, 2.45) is 17.3 Å². The molecule has 3 heterocycles. The first-order valence-electron chi connectivity index (χ1n) is 9.95. The zero-order chi connectivity index (χ0) is 16.6. The molecule has 4 fully saturated rings. The van der Waals surface area contributed by atoms with Crippen molar-refractivity contribution in [3.8, 4) is 0 Å². The van der Waals surface area contributed by atoms with Crippen LogP contribution in [0.5, 0.6) is 0 Å². The van der Waals surface area contributed by atoms with Gasteiger partial charge in [0.05, 0.1) is 0 Å². The fourth-order valence-corrected chi connectivity index (χ4v) is 5.10. The molecule has 1 N–H and O–H groups in total. The fourth-order valence-electron chi connectivity index (χ4n) is 5.10. The van der Waals surface area contributed by atoms with Crippen LogP contribution in [-0.4, -0.2) is 60.9 Å². The van der Waals surface area contributed by atoms with Crippen LogP contribution in [0.1, 0.15) is 51.4 Å². The van der Waals surface area contributed by atoms with Gasteiger partial charge in [-0.1, -0.05) is 0 Å². The lowest BCUT2D eigenvalue weighted by Crippen LogP contribution is -2.45. The first-order chi connectivity index (χ1) is 11.7. The third-order valence-electron chi connectivity index (χ3n) is 6.91. The molecule has 0 aromatic heterocycles. The summed E-state index contributed by atoms with van der Waals surface area (Å²) in [5.41, 5.74) is 0.347. The van der Waals surface area contributed by atoms with Gasteiger partial charge in [0.2, 0.25) is 11.8 Å². The molecule has 4 rings (SSSR count). The Morgan fingerprint density at radius 1 is 1.12 bits per heavy atom. The van der Waals surface area contributed by atoms with E-state index in [9.17, 15) is 9.59 Å². The van der Waals surface area contributed by atoms with E-state index >= 15 is 0 Å². The van der Waals surface area contributed by atoms with E-state index in [1.54, 1.807) is 0 Å². The quantitative estimate of drug-likeness (QED) is 0.854. The Morgan fingerprint density at radius 3 is 2.58 bits per heavy atom. The maximum atomic E-state index is 12.8. The van der Waals surface area contributed by atoms with Crippen molar-refractivity contribution in [3.05, 3.63) is 0 Å². The summed E-state index contributed by atoms with van der Waals surface area (Å²) in [4.78, 5) is 29.0. The second-order valence-corrected chi connectivity index (χ2v) is 8.43. The molecule has 0 radical (unpaired) electrons. The summed E-state index contributed by atoms with van der Waals surface area (Å²) >= 11 is 0. The minimum Gasteiger partial charge on any atom is -0.342 e. The normalized spacial score (nSPS) is 30.7. The smallest absolute Gasteiger partial charge is 0.226 e. The summed E-state index contributed by atoms with van der Waals surface area (Å²) in [5.74, 6) is 1.65. The second kappa shape index (κ2) is 6.66. The van der Waals surface area contributed by atoms with Crippen LogP contribution >= 0.6 is 0 Å². The number of likely N-dealkylation sites (tertiary alicyclic amines) is 2. The highest BCUT2D eigenvalue weighted by Gasteiger charge is 2.58. The van der Waals surface area contributed by atoms with Crippen LogP contribution in [0, 0.1) is 17.3 Å². The van der Waals surface area contributed by atoms with Crippen LogP contribution in [0.3, 0.4) is 0 Å². The average Bonchev–Trinajstić information content (AvgIpc) is 3.30. The van der Waals surface area contributed by atoms with Gasteiger partial charge in [0, 0.05) is 38.5 Å². The number of hydrogen-bond acceptors (Lipinski definition) is 3. The van der Waals surface area contributed by atoms with E-state index in [1.807, 2.05) is 0 Å². The molecule has 1 spiro atoms. The summed E-state index contributed by atoms with van der Waals surface area (Å²) in [7, 11) is 0. The molecule has 1 unspecified atom stereocenters. The van der Waals surface area contributed by atoms with Gasteiger partial charge in [-0.3, -0.25) is 9.59 Å². The van der Waals surface area contributed by atoms with Gasteiger partial charge >= 0.3 is 0 Å². The molecule has 4 aliphatic rings. The summed E-state index contributed by atoms with van der Waals surface area (Å²) in [6.45, 7) is 5.81. The van der Waals surface area contributed by atoms with Crippen molar-refractivity contribution in [2.75, 3.05) is 39.3 Å². The number of hydrogen-bond donors (Lipinski definition) is 1. The third kappa shape index (κ3) is 3.19. The summed E-state index contributed by atoms with van der Waals surface area (Å²) in [6.07, 6.45) is 8.55. The van der Waals surface area contributed by atoms with Gasteiger partial charge in [0.1, 0.15) is 0 Å². The predicted molar refractivity (Wildman–Crippen MR) is 92.4 cm³/mol. The third-order valence-corrected chi connectivity index (χ3v) is 6.91. The number of nitrogens with zero attached hydrogens (tertiary/aromatic N) is 2. The van der Waals surface area contributed by atoms with Crippen LogP contribution in [0.2, 0.25) is 0 Å². The number of amides is 2. The van der Waals surface area contributed by atoms with Crippen LogP contribution in [-0.2, 0) is 9.59 Å². The zero-order valence-electron chi connectivity index (χ0n) is 14.8. The lowest BCUT2D eigenvalue weighted by Gasteiger charge is -2.36. The first kappa shape index (κ1) is 16.4. The average molecular weight is 333 g/mol. The second-order valence-electron chi connectivity index (χ2n) is 8.43. The van der Waals surface area contributed by atoms with Crippen LogP contribution in [0.4, 0.5) is 0 Å². The number of rotatable bonds is 3. The van der Waals surface area contributed by atoms with Crippen molar-refractivity contribution in [1.82, 2.24) is 15.1 Å². The molecule has 0 aromatic carbocycles. The SMILES string of the molecule is O=C1CCCCN1CC1CCN(C(=O)C2CC23CCNCC3)CC1. The summed E-state index contributed by atoms with van der Waals surface area (Å²) < 4.78 is 0. The van der Waals surface area contributed by atoms with Crippen LogP contribution < -0.4 is 5.32 Å². The number of carbonyl (C=O) groups is 2. The van der Waals surface area contributed by atoms with Crippen molar-refractivity contribution in [2.45, 2.75) is 51.4 Å². The minimum absolute atomic E-state index is 0.305. The van der Waals surface area contributed by atoms with Crippen molar-refractivity contribution in [1.29, 1.82) is 0 Å². The van der Waals surface area contributed by atoms with Crippen molar-refractivity contribution in [3.63, 3.8) is 0 Å². The van der Waals surface area contributed by atoms with E-state index in [1.165, 1.54) is 12.8 Å². The van der Waals surface area contributed by atoms with Crippen molar-refractivity contribution < 1.29 is 9.59 Å². The monoisotopic (exact) mass is 333 g/mol. The summed E-state index contributed by atoms with van der Waals surface area (Å²) in [5, 5.41) is 3.41. The Kier molecular flexibility index (Phi) is 4.54. The molecule has 24 heavy (non-hydrogen) atoms. The lowest BCUT2D eigenvalue weighted by atomic mass is 9.90. The van der Waals surface area contributed by atoms with E-state index in [4.69, 9.17) is 0 Å². The van der Waals surface area contributed by atoms with E-state index < -0.39 is 0 Å². The topological polar surface area (TPSA) is 52.7 Å². The maximum Gasteiger partial charge on any atom is 0.226 e. The fraction of sp³-hybridized carbons (Fsp3) is 0.895. The Labute approximate surface area is 145 Å².